The number of hydroxylamine groups is 2. The highest BCUT2D eigenvalue weighted by atomic mass is 16.5. The molecule has 4 heteroatoms. The van der Waals surface area contributed by atoms with Crippen LogP contribution in [0.3, 0.4) is 0 Å². The smallest absolute Gasteiger partial charge is 0.0973 e. The van der Waals surface area contributed by atoms with Crippen molar-refractivity contribution in [1.82, 2.24) is 15.0 Å². The maximum atomic E-state index is 13.1. The van der Waals surface area contributed by atoms with Gasteiger partial charge in [-0.25, -0.2) is 9.97 Å². The van der Waals surface area contributed by atoms with E-state index in [1.807, 2.05) is 69.3 Å². The molecule has 1 unspecified atom stereocenters. The summed E-state index contributed by atoms with van der Waals surface area (Å²) in [4.78, 5) is 10.1. The lowest BCUT2D eigenvalue weighted by Crippen LogP contribution is -2.44. The van der Waals surface area contributed by atoms with Crippen LogP contribution >= 0.6 is 0 Å². The van der Waals surface area contributed by atoms with Crippen LogP contribution in [0.15, 0.2) is 78.9 Å². The molecule has 0 saturated carbocycles. The fourth-order valence-corrected chi connectivity index (χ4v) is 4.67. The van der Waals surface area contributed by atoms with Crippen LogP contribution in [-0.2, 0) is 10.7 Å². The molecule has 1 radical (unpaired) electrons. The van der Waals surface area contributed by atoms with Crippen molar-refractivity contribution in [3.05, 3.63) is 84.4 Å². The summed E-state index contributed by atoms with van der Waals surface area (Å²) >= 11 is 0. The first-order valence-electron chi connectivity index (χ1n) is 10.8. The van der Waals surface area contributed by atoms with E-state index in [-0.39, 0.29) is 5.54 Å². The summed E-state index contributed by atoms with van der Waals surface area (Å²) in [6, 6.07) is 26.4. The molecule has 1 aliphatic heterocycles. The van der Waals surface area contributed by atoms with Crippen LogP contribution in [0.4, 0.5) is 0 Å². The van der Waals surface area contributed by atoms with E-state index in [1.54, 1.807) is 0 Å². The van der Waals surface area contributed by atoms with Crippen molar-refractivity contribution in [1.29, 1.82) is 0 Å². The van der Waals surface area contributed by atoms with Gasteiger partial charge in [0.1, 0.15) is 0 Å². The minimum absolute atomic E-state index is 0.359. The van der Waals surface area contributed by atoms with Crippen molar-refractivity contribution < 1.29 is 5.21 Å². The predicted molar refractivity (Wildman–Crippen MR) is 124 cm³/mol. The molecule has 2 heterocycles. The molecule has 1 atom stereocenters. The van der Waals surface area contributed by atoms with Crippen LogP contribution in [0.5, 0.6) is 0 Å². The van der Waals surface area contributed by atoms with Crippen LogP contribution in [0.25, 0.3) is 33.5 Å². The highest BCUT2D eigenvalue weighted by Gasteiger charge is 2.49. The third-order valence-corrected chi connectivity index (χ3v) is 6.60. The monoisotopic (exact) mass is 408 g/mol. The molecule has 5 rings (SSSR count). The highest BCUT2D eigenvalue weighted by molar-refractivity contribution is 5.86. The summed E-state index contributed by atoms with van der Waals surface area (Å²) in [5.74, 6) is 0. The van der Waals surface area contributed by atoms with Gasteiger partial charge < -0.3 is 0 Å². The summed E-state index contributed by atoms with van der Waals surface area (Å²) in [5, 5.41) is 14.4. The van der Waals surface area contributed by atoms with Crippen molar-refractivity contribution in [3.63, 3.8) is 0 Å². The standard InChI is InChI=1S/C27H26N3O/c1-26(2)16-17-27(3,30(26)31)21-14-15-22-23(18-21)29-25(20-12-8-5-9-13-20)24(28-22)19-10-6-4-7-11-19/h4-15,18H,16-17H2,1-3H3. The molecular formula is C27H26N3O. The first kappa shape index (κ1) is 19.9. The molecule has 1 saturated heterocycles. The van der Waals surface area contributed by atoms with Crippen LogP contribution in [-0.4, -0.2) is 20.6 Å². The van der Waals surface area contributed by atoms with Crippen LogP contribution in [0.2, 0.25) is 0 Å². The summed E-state index contributed by atoms with van der Waals surface area (Å²) in [5.41, 5.74) is 5.52. The summed E-state index contributed by atoms with van der Waals surface area (Å²) in [6.45, 7) is 6.08. The Morgan fingerprint density at radius 3 is 1.77 bits per heavy atom. The third-order valence-electron chi connectivity index (χ3n) is 6.60. The van der Waals surface area contributed by atoms with Crippen LogP contribution in [0, 0.1) is 0 Å². The van der Waals surface area contributed by atoms with Gasteiger partial charge in [-0.05, 0) is 51.3 Å². The zero-order valence-corrected chi connectivity index (χ0v) is 18.2. The Balaban J connectivity index is 1.70. The molecule has 0 spiro atoms. The molecule has 1 aliphatic rings. The van der Waals surface area contributed by atoms with E-state index in [9.17, 15) is 5.21 Å². The summed E-state index contributed by atoms with van der Waals surface area (Å²) in [6.07, 6.45) is 1.70. The van der Waals surface area contributed by atoms with E-state index >= 15 is 0 Å². The van der Waals surface area contributed by atoms with E-state index in [0.29, 0.717) is 0 Å². The molecule has 4 aromatic rings. The lowest BCUT2D eigenvalue weighted by Gasteiger charge is -2.35. The van der Waals surface area contributed by atoms with Gasteiger partial charge in [0.05, 0.1) is 28.0 Å². The van der Waals surface area contributed by atoms with Crippen molar-refractivity contribution in [2.24, 2.45) is 0 Å². The average molecular weight is 409 g/mol. The van der Waals surface area contributed by atoms with Crippen molar-refractivity contribution in [2.45, 2.75) is 44.7 Å². The Morgan fingerprint density at radius 1 is 0.710 bits per heavy atom. The Labute approximate surface area is 183 Å². The Kier molecular flexibility index (Phi) is 4.65. The topological polar surface area (TPSA) is 48.9 Å². The van der Waals surface area contributed by atoms with Gasteiger partial charge in [-0.2, -0.15) is 0 Å². The van der Waals surface area contributed by atoms with Gasteiger partial charge in [-0.15, -0.1) is 10.3 Å². The summed E-state index contributed by atoms with van der Waals surface area (Å²) in [7, 11) is 0. The van der Waals surface area contributed by atoms with E-state index in [1.165, 1.54) is 5.06 Å². The van der Waals surface area contributed by atoms with Gasteiger partial charge in [-0.1, -0.05) is 66.7 Å². The number of rotatable bonds is 3. The molecule has 0 bridgehead atoms. The molecule has 1 fully saturated rings. The maximum Gasteiger partial charge on any atom is 0.0973 e. The zero-order valence-electron chi connectivity index (χ0n) is 18.2. The van der Waals surface area contributed by atoms with Gasteiger partial charge >= 0.3 is 0 Å². The quantitative estimate of drug-likeness (QED) is 0.394. The SMILES string of the molecule is CC1(C)CCC(C)(c2ccc3nc(-c4ccccc4)c(-c4ccccc4)nc3c2)N1[O]. The largest absolute Gasteiger partial charge is 0.244 e. The zero-order chi connectivity index (χ0) is 21.6. The van der Waals surface area contributed by atoms with Gasteiger partial charge in [0.25, 0.3) is 0 Å². The highest BCUT2D eigenvalue weighted by Crippen LogP contribution is 2.46. The van der Waals surface area contributed by atoms with E-state index in [4.69, 9.17) is 9.97 Å². The third kappa shape index (κ3) is 3.32. The fraction of sp³-hybridized carbons (Fsp3) is 0.259. The maximum absolute atomic E-state index is 13.1. The number of aromatic nitrogens is 2. The van der Waals surface area contributed by atoms with Crippen LogP contribution < -0.4 is 0 Å². The summed E-state index contributed by atoms with van der Waals surface area (Å²) < 4.78 is 0. The Hall–Kier alpha value is -3.08. The van der Waals surface area contributed by atoms with Gasteiger partial charge in [0.2, 0.25) is 0 Å². The normalized spacial score (nSPS) is 20.9. The molecule has 1 aromatic heterocycles. The predicted octanol–water partition coefficient (Wildman–Crippen LogP) is 6.40. The number of fused-ring (bicyclic) bond motifs is 1. The van der Waals surface area contributed by atoms with Crippen molar-refractivity contribution in [2.75, 3.05) is 0 Å². The van der Waals surface area contributed by atoms with Crippen molar-refractivity contribution >= 4 is 11.0 Å². The molecule has 155 valence electrons. The van der Waals surface area contributed by atoms with Crippen LogP contribution in [0.1, 0.15) is 39.2 Å². The number of nitrogens with zero attached hydrogens (tertiary/aromatic N) is 3. The first-order valence-corrected chi connectivity index (χ1v) is 10.8. The number of hydrogen-bond donors (Lipinski definition) is 0. The van der Waals surface area contributed by atoms with Gasteiger partial charge in [0, 0.05) is 16.7 Å². The van der Waals surface area contributed by atoms with Gasteiger partial charge in [0.15, 0.2) is 0 Å². The molecule has 0 N–H and O–H groups in total. The second-order valence-electron chi connectivity index (χ2n) is 9.24. The molecule has 0 aliphatic carbocycles. The lowest BCUT2D eigenvalue weighted by atomic mass is 9.90. The number of benzene rings is 3. The first-order chi connectivity index (χ1) is 14.9. The van der Waals surface area contributed by atoms with Crippen molar-refractivity contribution in [3.8, 4) is 22.5 Å². The van der Waals surface area contributed by atoms with E-state index in [2.05, 4.69) is 30.3 Å². The molecule has 31 heavy (non-hydrogen) atoms. The molecular weight excluding hydrogens is 382 g/mol. The minimum atomic E-state index is -0.551. The molecule has 0 amide bonds. The fourth-order valence-electron chi connectivity index (χ4n) is 4.67. The van der Waals surface area contributed by atoms with E-state index in [0.717, 1.165) is 52.0 Å². The second-order valence-corrected chi connectivity index (χ2v) is 9.24. The molecule has 3 aromatic carbocycles. The minimum Gasteiger partial charge on any atom is -0.244 e. The number of hydrogen-bond acceptors (Lipinski definition) is 3. The lowest BCUT2D eigenvalue weighted by molar-refractivity contribution is -0.252. The average Bonchev–Trinajstić information content (AvgIpc) is 3.03. The van der Waals surface area contributed by atoms with Gasteiger partial charge in [-0.3, -0.25) is 0 Å². The van der Waals surface area contributed by atoms with E-state index < -0.39 is 5.54 Å². The Bertz CT molecular complexity index is 1240. The molecule has 4 nitrogen and oxygen atoms in total. The second kappa shape index (κ2) is 7.26. The Morgan fingerprint density at radius 2 is 1.26 bits per heavy atom.